The van der Waals surface area contributed by atoms with Crippen LogP contribution in [0.15, 0.2) is 205 Å². The lowest BCUT2D eigenvalue weighted by atomic mass is 10.0. The fourth-order valence-corrected chi connectivity index (χ4v) is 11.2. The predicted octanol–water partition coefficient (Wildman–Crippen LogP) is 17.1. The van der Waals surface area contributed by atoms with Crippen LogP contribution in [0.1, 0.15) is 27.8 Å². The molecule has 0 aliphatic carbocycles. The highest BCUT2D eigenvalue weighted by Crippen LogP contribution is 2.40. The van der Waals surface area contributed by atoms with Gasteiger partial charge in [-0.15, -0.1) is 0 Å². The van der Waals surface area contributed by atoms with E-state index in [1.165, 1.54) is 65.6 Å². The second kappa shape index (κ2) is 18.9. The van der Waals surface area contributed by atoms with E-state index in [0.29, 0.717) is 0 Å². The summed E-state index contributed by atoms with van der Waals surface area (Å²) >= 11 is 0. The molecule has 0 fully saturated rings. The van der Waals surface area contributed by atoms with Gasteiger partial charge in [0.15, 0.2) is 5.76 Å². The molecule has 9 heteroatoms. The van der Waals surface area contributed by atoms with Crippen molar-refractivity contribution in [2.75, 3.05) is 14.2 Å². The van der Waals surface area contributed by atoms with Gasteiger partial charge in [-0.25, -0.2) is 15.0 Å². The van der Waals surface area contributed by atoms with Crippen LogP contribution < -0.4 is 9.47 Å². The van der Waals surface area contributed by atoms with Crippen LogP contribution >= 0.6 is 0 Å². The Bertz CT molecular complexity index is 4790. The van der Waals surface area contributed by atoms with Crippen molar-refractivity contribution in [3.8, 4) is 45.5 Å². The van der Waals surface area contributed by atoms with Gasteiger partial charge in [0, 0.05) is 78.6 Å². The highest BCUT2D eigenvalue weighted by molar-refractivity contribution is 6.14. The van der Waals surface area contributed by atoms with Crippen molar-refractivity contribution in [3.63, 3.8) is 0 Å². The van der Waals surface area contributed by atoms with Crippen LogP contribution in [0, 0.1) is 34.6 Å². The number of pyridine rings is 6. The molecule has 9 nitrogen and oxygen atoms in total. The van der Waals surface area contributed by atoms with Crippen molar-refractivity contribution in [2.45, 2.75) is 34.6 Å². The number of hydrogen-bond acceptors (Lipinski definition) is 6. The largest absolute Gasteiger partial charge is 0.497 e. The Hall–Kier alpha value is -9.73. The van der Waals surface area contributed by atoms with Gasteiger partial charge >= 0.3 is 0 Å². The Morgan fingerprint density at radius 1 is 0.377 bits per heavy atom. The molecule has 0 amide bonds. The fourth-order valence-electron chi connectivity index (χ4n) is 11.2. The number of furan rings is 1. The Morgan fingerprint density at radius 2 is 0.844 bits per heavy atom. The fraction of sp³-hybridized carbons (Fsp3) is 0.103. The zero-order chi connectivity index (χ0) is 52.5. The summed E-state index contributed by atoms with van der Waals surface area (Å²) in [7, 11) is 3.42. The first-order valence-corrected chi connectivity index (χ1v) is 25.9. The summed E-state index contributed by atoms with van der Waals surface area (Å²) in [5, 5.41) is 7.18. The average molecular weight is 1000 g/mol. The molecule has 0 aliphatic heterocycles. The first kappa shape index (κ1) is 47.0. The highest BCUT2D eigenvalue weighted by Gasteiger charge is 2.20. The molecule has 0 saturated heterocycles. The van der Waals surface area contributed by atoms with Crippen LogP contribution in [0.5, 0.6) is 11.5 Å². The molecule has 0 unspecified atom stereocenters. The normalized spacial score (nSPS) is 11.6. The summed E-state index contributed by atoms with van der Waals surface area (Å²) in [5.41, 5.74) is 21.0. The summed E-state index contributed by atoms with van der Waals surface area (Å²) < 4.78 is 23.4. The van der Waals surface area contributed by atoms with Crippen molar-refractivity contribution in [2.24, 2.45) is 0 Å². The number of aromatic nitrogens is 6. The molecular formula is C68H54N6O3. The standard InChI is InChI=1S/2C24H20N2O.C20H14N2O/c1-15-7-6-12-26-21(15)14-19-18-8-4-5-9-20(18)25-23(24(19)26)17-11-10-16(2)22(13-17)27-3;1-15-11-17(13-18(12-15)27-3)23-24-20(19-8-4-5-9-21(19)25-23)14-22-16(2)7-6-10-26(22)24;1-13-6-4-10-22-17(13)12-15-14-7-2-3-8-16(14)21-19(20(15)22)18-9-5-11-23-18/h2*4-14H,1-3H3;2-12H,1H3. The van der Waals surface area contributed by atoms with E-state index in [1.54, 1.807) is 20.5 Å². The van der Waals surface area contributed by atoms with Crippen LogP contribution in [0.2, 0.25) is 0 Å². The number of rotatable bonds is 5. The van der Waals surface area contributed by atoms with Gasteiger partial charge in [0.25, 0.3) is 0 Å². The number of nitrogens with zero attached hydrogens (tertiary/aromatic N) is 6. The Balaban J connectivity index is 0.000000111. The van der Waals surface area contributed by atoms with Crippen molar-refractivity contribution >= 4 is 82.0 Å². The first-order chi connectivity index (χ1) is 37.6. The summed E-state index contributed by atoms with van der Waals surface area (Å²) in [6, 6.07) is 61.0. The van der Waals surface area contributed by atoms with Gasteiger partial charge in [-0.1, -0.05) is 84.9 Å². The van der Waals surface area contributed by atoms with Gasteiger partial charge in [0.2, 0.25) is 0 Å². The molecule has 0 spiro atoms. The molecule has 15 aromatic rings. The van der Waals surface area contributed by atoms with E-state index < -0.39 is 0 Å². The Morgan fingerprint density at radius 3 is 1.31 bits per heavy atom. The predicted molar refractivity (Wildman–Crippen MR) is 316 cm³/mol. The lowest BCUT2D eigenvalue weighted by molar-refractivity contribution is 0.412. The van der Waals surface area contributed by atoms with E-state index in [9.17, 15) is 0 Å². The van der Waals surface area contributed by atoms with Gasteiger partial charge < -0.3 is 27.1 Å². The van der Waals surface area contributed by atoms with E-state index in [2.05, 4.69) is 206 Å². The molecule has 0 bridgehead atoms. The van der Waals surface area contributed by atoms with Crippen LogP contribution in [0.25, 0.3) is 116 Å². The Kier molecular flexibility index (Phi) is 11.5. The molecule has 0 aliphatic rings. The molecule has 5 aromatic carbocycles. The number of ether oxygens (including phenoxy) is 2. The monoisotopic (exact) mass is 1000 g/mol. The average Bonchev–Trinajstić information content (AvgIpc) is 4.48. The third kappa shape index (κ3) is 7.97. The number of methoxy groups -OCH3 is 2. The lowest BCUT2D eigenvalue weighted by Crippen LogP contribution is -1.94. The van der Waals surface area contributed by atoms with E-state index in [4.69, 9.17) is 28.8 Å². The molecule has 10 heterocycles. The highest BCUT2D eigenvalue weighted by atomic mass is 16.5. The third-order valence-electron chi connectivity index (χ3n) is 15.0. The van der Waals surface area contributed by atoms with Crippen molar-refractivity contribution in [1.82, 2.24) is 28.2 Å². The minimum atomic E-state index is 0.794. The molecule has 0 atom stereocenters. The second-order valence-electron chi connectivity index (χ2n) is 19.9. The van der Waals surface area contributed by atoms with Crippen LogP contribution in [-0.2, 0) is 0 Å². The molecular weight excluding hydrogens is 949 g/mol. The van der Waals surface area contributed by atoms with Gasteiger partial charge in [-0.2, -0.15) is 0 Å². The zero-order valence-electron chi connectivity index (χ0n) is 44.0. The molecule has 0 N–H and O–H groups in total. The SMILES string of the molecule is COc1cc(-c2nc3ccccc3c3cc4c(C)cccn4c23)ccc1C.COc1cc(C)cc(-c2nc3ccccc3c3cc4c(C)cccn4c23)c1.Cc1cccn2c1cc1c3ccccc3nc(-c3ccco3)c12. The lowest BCUT2D eigenvalue weighted by Gasteiger charge is -2.11. The van der Waals surface area contributed by atoms with E-state index >= 15 is 0 Å². The van der Waals surface area contributed by atoms with Gasteiger partial charge in [-0.05, 0) is 153 Å². The maximum absolute atomic E-state index is 5.65. The van der Waals surface area contributed by atoms with Crippen molar-refractivity contribution in [3.05, 3.63) is 229 Å². The molecule has 15 rings (SSSR count). The maximum atomic E-state index is 5.65. The summed E-state index contributed by atoms with van der Waals surface area (Å²) in [5.74, 6) is 2.53. The minimum Gasteiger partial charge on any atom is -0.497 e. The third-order valence-corrected chi connectivity index (χ3v) is 15.0. The van der Waals surface area contributed by atoms with Crippen LogP contribution in [0.3, 0.4) is 0 Å². The number of para-hydroxylation sites is 3. The molecule has 10 aromatic heterocycles. The smallest absolute Gasteiger partial charge is 0.154 e. The molecule has 374 valence electrons. The number of hydrogen-bond donors (Lipinski definition) is 0. The van der Waals surface area contributed by atoms with Gasteiger partial charge in [-0.3, -0.25) is 0 Å². The quantitative estimate of drug-likeness (QED) is 0.171. The minimum absolute atomic E-state index is 0.794. The molecule has 0 saturated carbocycles. The molecule has 0 radical (unpaired) electrons. The molecule has 77 heavy (non-hydrogen) atoms. The topological polar surface area (TPSA) is 83.5 Å². The first-order valence-electron chi connectivity index (χ1n) is 25.9. The number of fused-ring (bicyclic) bond motifs is 15. The van der Waals surface area contributed by atoms with Crippen LogP contribution in [-0.4, -0.2) is 42.4 Å². The van der Waals surface area contributed by atoms with Crippen molar-refractivity contribution < 1.29 is 13.9 Å². The van der Waals surface area contributed by atoms with E-state index in [-0.39, 0.29) is 0 Å². The van der Waals surface area contributed by atoms with Crippen molar-refractivity contribution in [1.29, 1.82) is 0 Å². The van der Waals surface area contributed by atoms with E-state index in [0.717, 1.165) is 89.7 Å². The van der Waals surface area contributed by atoms with Gasteiger partial charge in [0.05, 0.1) is 65.0 Å². The van der Waals surface area contributed by atoms with E-state index in [1.807, 2.05) is 36.4 Å². The Labute approximate surface area is 444 Å². The maximum Gasteiger partial charge on any atom is 0.154 e. The van der Waals surface area contributed by atoms with Gasteiger partial charge in [0.1, 0.15) is 17.2 Å². The van der Waals surface area contributed by atoms with Crippen LogP contribution in [0.4, 0.5) is 0 Å². The second-order valence-corrected chi connectivity index (χ2v) is 19.9. The summed E-state index contributed by atoms with van der Waals surface area (Å²) in [6.07, 6.45) is 8.03. The number of aryl methyl sites for hydroxylation is 5. The number of benzene rings is 5. The summed E-state index contributed by atoms with van der Waals surface area (Å²) in [4.78, 5) is 15.0. The summed E-state index contributed by atoms with van der Waals surface area (Å²) in [6.45, 7) is 10.6. The zero-order valence-corrected chi connectivity index (χ0v) is 44.0.